The SMILES string of the molecule is Cc1ccc(C(=O)NC(C)c2ccc(F)cc2)cc1S(=O)(=O)N1CCCCCC1. The van der Waals surface area contributed by atoms with Crippen LogP contribution in [0.3, 0.4) is 0 Å². The van der Waals surface area contributed by atoms with Gasteiger partial charge in [-0.2, -0.15) is 4.31 Å². The van der Waals surface area contributed by atoms with Crippen molar-refractivity contribution < 1.29 is 17.6 Å². The quantitative estimate of drug-likeness (QED) is 0.792. The van der Waals surface area contributed by atoms with Gasteiger partial charge in [0.1, 0.15) is 5.82 Å². The van der Waals surface area contributed by atoms with E-state index in [1.54, 1.807) is 38.1 Å². The van der Waals surface area contributed by atoms with Crippen LogP contribution in [0.25, 0.3) is 0 Å². The van der Waals surface area contributed by atoms with E-state index in [1.165, 1.54) is 22.5 Å². The number of hydrogen-bond acceptors (Lipinski definition) is 3. The Morgan fingerprint density at radius 3 is 2.28 bits per heavy atom. The summed E-state index contributed by atoms with van der Waals surface area (Å²) in [6.07, 6.45) is 3.78. The predicted molar refractivity (Wildman–Crippen MR) is 111 cm³/mol. The third-order valence-electron chi connectivity index (χ3n) is 5.35. The van der Waals surface area contributed by atoms with Gasteiger partial charge in [0, 0.05) is 18.7 Å². The Balaban J connectivity index is 1.82. The zero-order chi connectivity index (χ0) is 21.0. The van der Waals surface area contributed by atoms with E-state index in [9.17, 15) is 17.6 Å². The Labute approximate surface area is 172 Å². The van der Waals surface area contributed by atoms with E-state index < -0.39 is 10.0 Å². The summed E-state index contributed by atoms with van der Waals surface area (Å²) in [5.41, 5.74) is 1.68. The average Bonchev–Trinajstić information content (AvgIpc) is 2.98. The molecular weight excluding hydrogens is 391 g/mol. The Kier molecular flexibility index (Phi) is 6.70. The van der Waals surface area contributed by atoms with E-state index in [4.69, 9.17) is 0 Å². The van der Waals surface area contributed by atoms with Crippen LogP contribution in [0.2, 0.25) is 0 Å². The summed E-state index contributed by atoms with van der Waals surface area (Å²) >= 11 is 0. The van der Waals surface area contributed by atoms with Crippen LogP contribution < -0.4 is 5.32 Å². The molecule has 29 heavy (non-hydrogen) atoms. The molecule has 3 rings (SSSR count). The minimum absolute atomic E-state index is 0.182. The Morgan fingerprint density at radius 1 is 1.03 bits per heavy atom. The summed E-state index contributed by atoms with van der Waals surface area (Å²) in [4.78, 5) is 12.9. The number of hydrogen-bond donors (Lipinski definition) is 1. The minimum Gasteiger partial charge on any atom is -0.346 e. The number of aryl methyl sites for hydroxylation is 1. The first-order valence-electron chi connectivity index (χ1n) is 9.96. The monoisotopic (exact) mass is 418 g/mol. The molecule has 2 aromatic rings. The molecule has 0 saturated carbocycles. The molecular formula is C22H27FN2O3S. The predicted octanol–water partition coefficient (Wildman–Crippen LogP) is 4.19. The van der Waals surface area contributed by atoms with Crippen LogP contribution in [0.1, 0.15) is 60.1 Å². The summed E-state index contributed by atoms with van der Waals surface area (Å²) in [6, 6.07) is 10.3. The Morgan fingerprint density at radius 2 is 1.66 bits per heavy atom. The lowest BCUT2D eigenvalue weighted by molar-refractivity contribution is 0.0939. The third kappa shape index (κ3) is 5.03. The van der Waals surface area contributed by atoms with Gasteiger partial charge in [-0.25, -0.2) is 12.8 Å². The van der Waals surface area contributed by atoms with Gasteiger partial charge in [-0.05, 0) is 62.1 Å². The van der Waals surface area contributed by atoms with Crippen molar-refractivity contribution in [1.82, 2.24) is 9.62 Å². The maximum Gasteiger partial charge on any atom is 0.251 e. The summed E-state index contributed by atoms with van der Waals surface area (Å²) in [5, 5.41) is 2.85. The lowest BCUT2D eigenvalue weighted by atomic mass is 10.1. The number of nitrogens with zero attached hydrogens (tertiary/aromatic N) is 1. The van der Waals surface area contributed by atoms with Gasteiger partial charge in [0.2, 0.25) is 10.0 Å². The highest BCUT2D eigenvalue weighted by Crippen LogP contribution is 2.24. The minimum atomic E-state index is -3.65. The van der Waals surface area contributed by atoms with Crippen molar-refractivity contribution in [2.24, 2.45) is 0 Å². The van der Waals surface area contributed by atoms with Gasteiger partial charge in [0.05, 0.1) is 10.9 Å². The fourth-order valence-electron chi connectivity index (χ4n) is 3.56. The van der Waals surface area contributed by atoms with Gasteiger partial charge in [-0.1, -0.05) is 31.0 Å². The molecule has 1 N–H and O–H groups in total. The van der Waals surface area contributed by atoms with Crippen LogP contribution in [0.15, 0.2) is 47.4 Å². The number of nitrogens with one attached hydrogen (secondary N) is 1. The second kappa shape index (κ2) is 9.05. The van der Waals surface area contributed by atoms with Crippen molar-refractivity contribution in [2.45, 2.75) is 50.5 Å². The standard InChI is InChI=1S/C22H27FN2O3S/c1-16-7-8-19(22(26)24-17(2)18-9-11-20(23)12-10-18)15-21(16)29(27,28)25-13-5-3-4-6-14-25/h7-12,15,17H,3-6,13-14H2,1-2H3,(H,24,26). The number of sulfonamides is 1. The van der Waals surface area contributed by atoms with Gasteiger partial charge in [-0.15, -0.1) is 0 Å². The molecule has 0 spiro atoms. The molecule has 7 heteroatoms. The first kappa shape index (κ1) is 21.5. The molecule has 1 unspecified atom stereocenters. The molecule has 1 aliphatic rings. The van der Waals surface area contributed by atoms with Crippen LogP contribution in [-0.4, -0.2) is 31.7 Å². The third-order valence-corrected chi connectivity index (χ3v) is 7.39. The van der Waals surface area contributed by atoms with Gasteiger partial charge in [-0.3, -0.25) is 4.79 Å². The summed E-state index contributed by atoms with van der Waals surface area (Å²) in [6.45, 7) is 4.57. The van der Waals surface area contributed by atoms with E-state index in [0.29, 0.717) is 18.7 Å². The van der Waals surface area contributed by atoms with Crippen LogP contribution >= 0.6 is 0 Å². The largest absolute Gasteiger partial charge is 0.346 e. The van der Waals surface area contributed by atoms with E-state index >= 15 is 0 Å². The summed E-state index contributed by atoms with van der Waals surface area (Å²) in [5.74, 6) is -0.705. The van der Waals surface area contributed by atoms with E-state index in [1.807, 2.05) is 0 Å². The maximum absolute atomic E-state index is 13.2. The molecule has 2 aromatic carbocycles. The molecule has 1 saturated heterocycles. The first-order valence-corrected chi connectivity index (χ1v) is 11.4. The Bertz CT molecular complexity index is 966. The molecule has 0 aromatic heterocycles. The van der Waals surface area contributed by atoms with Crippen LogP contribution in [0.4, 0.5) is 4.39 Å². The highest BCUT2D eigenvalue weighted by molar-refractivity contribution is 7.89. The summed E-state index contributed by atoms with van der Waals surface area (Å²) in [7, 11) is -3.65. The number of rotatable bonds is 5. The maximum atomic E-state index is 13.2. The van der Waals surface area contributed by atoms with Crippen LogP contribution in [-0.2, 0) is 10.0 Å². The van der Waals surface area contributed by atoms with Crippen molar-refractivity contribution in [3.05, 3.63) is 65.0 Å². The number of carbonyl (C=O) groups excluding carboxylic acids is 1. The van der Waals surface area contributed by atoms with Gasteiger partial charge in [0.15, 0.2) is 0 Å². The van der Waals surface area contributed by atoms with E-state index in [-0.39, 0.29) is 28.2 Å². The van der Waals surface area contributed by atoms with Gasteiger partial charge >= 0.3 is 0 Å². The molecule has 0 bridgehead atoms. The van der Waals surface area contributed by atoms with Crippen molar-refractivity contribution >= 4 is 15.9 Å². The fraction of sp³-hybridized carbons (Fsp3) is 0.409. The molecule has 1 heterocycles. The van der Waals surface area contributed by atoms with Gasteiger partial charge in [0.25, 0.3) is 5.91 Å². The smallest absolute Gasteiger partial charge is 0.251 e. The molecule has 1 atom stereocenters. The molecule has 0 aliphatic carbocycles. The highest BCUT2D eigenvalue weighted by atomic mass is 32.2. The second-order valence-corrected chi connectivity index (χ2v) is 9.45. The lowest BCUT2D eigenvalue weighted by Gasteiger charge is -2.21. The van der Waals surface area contributed by atoms with Crippen LogP contribution in [0, 0.1) is 12.7 Å². The molecule has 1 aliphatic heterocycles. The first-order chi connectivity index (χ1) is 13.8. The van der Waals surface area contributed by atoms with E-state index in [0.717, 1.165) is 31.2 Å². The molecule has 1 fully saturated rings. The van der Waals surface area contributed by atoms with Crippen molar-refractivity contribution in [3.63, 3.8) is 0 Å². The van der Waals surface area contributed by atoms with E-state index in [2.05, 4.69) is 5.32 Å². The number of halogens is 1. The van der Waals surface area contributed by atoms with Crippen LogP contribution in [0.5, 0.6) is 0 Å². The molecule has 5 nitrogen and oxygen atoms in total. The van der Waals surface area contributed by atoms with Crippen molar-refractivity contribution in [1.29, 1.82) is 0 Å². The topological polar surface area (TPSA) is 66.5 Å². The zero-order valence-corrected chi connectivity index (χ0v) is 17.6. The zero-order valence-electron chi connectivity index (χ0n) is 16.8. The van der Waals surface area contributed by atoms with Crippen molar-refractivity contribution in [3.8, 4) is 0 Å². The van der Waals surface area contributed by atoms with Gasteiger partial charge < -0.3 is 5.32 Å². The number of carbonyl (C=O) groups is 1. The molecule has 0 radical (unpaired) electrons. The number of amides is 1. The molecule has 1 amide bonds. The molecule has 156 valence electrons. The second-order valence-electron chi connectivity index (χ2n) is 7.55. The number of benzene rings is 2. The van der Waals surface area contributed by atoms with Crippen molar-refractivity contribution in [2.75, 3.05) is 13.1 Å². The summed E-state index contributed by atoms with van der Waals surface area (Å²) < 4.78 is 41.0. The lowest BCUT2D eigenvalue weighted by Crippen LogP contribution is -2.33. The normalized spacial score (nSPS) is 16.8. The highest BCUT2D eigenvalue weighted by Gasteiger charge is 2.27. The average molecular weight is 419 g/mol. The fourth-order valence-corrected chi connectivity index (χ4v) is 5.32. The Hall–Kier alpha value is -2.25.